The van der Waals surface area contributed by atoms with E-state index in [4.69, 9.17) is 10.2 Å². The Balaban J connectivity index is 1.73. The maximum atomic E-state index is 12.7. The Morgan fingerprint density at radius 2 is 2.17 bits per heavy atom. The van der Waals surface area contributed by atoms with Crippen LogP contribution in [-0.2, 0) is 0 Å². The topological polar surface area (TPSA) is 88.6 Å². The fourth-order valence-electron chi connectivity index (χ4n) is 3.09. The van der Waals surface area contributed by atoms with Crippen molar-refractivity contribution >= 4 is 17.5 Å². The molecule has 1 aromatic carbocycles. The lowest BCUT2D eigenvalue weighted by molar-refractivity contribution is 0.0743. The van der Waals surface area contributed by atoms with Crippen molar-refractivity contribution in [3.8, 4) is 0 Å². The van der Waals surface area contributed by atoms with Crippen molar-refractivity contribution in [1.29, 1.82) is 0 Å². The van der Waals surface area contributed by atoms with E-state index in [1.54, 1.807) is 36.4 Å². The van der Waals surface area contributed by atoms with Crippen LogP contribution in [-0.4, -0.2) is 35.8 Å². The summed E-state index contributed by atoms with van der Waals surface area (Å²) in [7, 11) is 0. The molecule has 2 amide bonds. The molecule has 3 rings (SSSR count). The minimum atomic E-state index is -0.345. The summed E-state index contributed by atoms with van der Waals surface area (Å²) < 4.78 is 5.07. The largest absolute Gasteiger partial charge is 0.459 e. The van der Waals surface area contributed by atoms with Crippen molar-refractivity contribution in [2.24, 2.45) is 11.7 Å². The average Bonchev–Trinajstić information content (AvgIpc) is 3.24. The minimum absolute atomic E-state index is 0.0347. The molecule has 6 nitrogen and oxygen atoms in total. The summed E-state index contributed by atoms with van der Waals surface area (Å²) >= 11 is 0. The van der Waals surface area contributed by atoms with Crippen LogP contribution in [0.5, 0.6) is 0 Å². The third-order valence-corrected chi connectivity index (χ3v) is 4.37. The molecule has 0 bridgehead atoms. The molecular formula is C18H21N3O3. The zero-order chi connectivity index (χ0) is 17.1. The number of nitrogens with one attached hydrogen (secondary N) is 1. The van der Waals surface area contributed by atoms with E-state index in [1.165, 1.54) is 6.26 Å². The summed E-state index contributed by atoms with van der Waals surface area (Å²) in [5.74, 6) is 0.200. The summed E-state index contributed by atoms with van der Waals surface area (Å²) in [4.78, 5) is 26.6. The van der Waals surface area contributed by atoms with Gasteiger partial charge in [0.25, 0.3) is 11.8 Å². The maximum absolute atomic E-state index is 12.7. The van der Waals surface area contributed by atoms with Crippen LogP contribution in [0.25, 0.3) is 0 Å². The molecule has 0 saturated carbocycles. The molecule has 0 aliphatic carbocycles. The number of carbonyl (C=O) groups excluding carboxylic acids is 2. The molecule has 3 N–H and O–H groups in total. The van der Waals surface area contributed by atoms with Gasteiger partial charge in [-0.15, -0.1) is 0 Å². The summed E-state index contributed by atoms with van der Waals surface area (Å²) in [6, 6.07) is 10.4. The summed E-state index contributed by atoms with van der Waals surface area (Å²) in [5.41, 5.74) is 6.84. The van der Waals surface area contributed by atoms with Crippen molar-refractivity contribution in [2.45, 2.75) is 19.4 Å². The van der Waals surface area contributed by atoms with Crippen molar-refractivity contribution in [1.82, 2.24) is 4.90 Å². The molecule has 0 spiro atoms. The number of nitrogens with two attached hydrogens (primary N) is 1. The highest BCUT2D eigenvalue weighted by atomic mass is 16.3. The molecule has 6 heteroatoms. The van der Waals surface area contributed by atoms with Crippen LogP contribution in [0.3, 0.4) is 0 Å². The van der Waals surface area contributed by atoms with Gasteiger partial charge in [0.05, 0.1) is 6.26 Å². The molecule has 2 heterocycles. The quantitative estimate of drug-likeness (QED) is 0.902. The second-order valence-electron chi connectivity index (χ2n) is 6.16. The van der Waals surface area contributed by atoms with Gasteiger partial charge < -0.3 is 20.4 Å². The molecule has 126 valence electrons. The summed E-state index contributed by atoms with van der Waals surface area (Å²) in [6.45, 7) is 3.31. The second kappa shape index (κ2) is 6.88. The zero-order valence-electron chi connectivity index (χ0n) is 13.6. The number of hydrogen-bond acceptors (Lipinski definition) is 4. The van der Waals surface area contributed by atoms with Gasteiger partial charge in [-0.1, -0.05) is 6.07 Å². The Hall–Kier alpha value is -2.60. The van der Waals surface area contributed by atoms with Gasteiger partial charge in [0.15, 0.2) is 5.76 Å². The van der Waals surface area contributed by atoms with Gasteiger partial charge in [-0.3, -0.25) is 9.59 Å². The van der Waals surface area contributed by atoms with E-state index in [-0.39, 0.29) is 23.6 Å². The fourth-order valence-corrected chi connectivity index (χ4v) is 3.09. The number of amides is 2. The van der Waals surface area contributed by atoms with Gasteiger partial charge in [0.1, 0.15) is 0 Å². The first-order valence-electron chi connectivity index (χ1n) is 8.04. The number of hydrogen-bond donors (Lipinski definition) is 2. The van der Waals surface area contributed by atoms with Crippen LogP contribution >= 0.6 is 0 Å². The molecule has 24 heavy (non-hydrogen) atoms. The van der Waals surface area contributed by atoms with Crippen molar-refractivity contribution in [3.63, 3.8) is 0 Å². The lowest BCUT2D eigenvalue weighted by atomic mass is 10.1. The van der Waals surface area contributed by atoms with E-state index in [1.807, 2.05) is 11.8 Å². The highest BCUT2D eigenvalue weighted by Gasteiger charge is 2.32. The molecule has 1 fully saturated rings. The van der Waals surface area contributed by atoms with Crippen LogP contribution in [0.15, 0.2) is 47.1 Å². The van der Waals surface area contributed by atoms with Crippen molar-refractivity contribution in [3.05, 3.63) is 54.0 Å². The molecule has 1 aliphatic rings. The number of benzene rings is 1. The van der Waals surface area contributed by atoms with Crippen LogP contribution in [0.2, 0.25) is 0 Å². The van der Waals surface area contributed by atoms with Gasteiger partial charge in [-0.25, -0.2) is 0 Å². The van der Waals surface area contributed by atoms with Gasteiger partial charge >= 0.3 is 0 Å². The number of carbonyl (C=O) groups is 2. The van der Waals surface area contributed by atoms with Crippen molar-refractivity contribution < 1.29 is 14.0 Å². The molecule has 2 atom stereocenters. The smallest absolute Gasteiger partial charge is 0.291 e. The van der Waals surface area contributed by atoms with E-state index in [0.29, 0.717) is 30.3 Å². The number of anilines is 1. The Labute approximate surface area is 140 Å². The zero-order valence-corrected chi connectivity index (χ0v) is 13.6. The highest BCUT2D eigenvalue weighted by Crippen LogP contribution is 2.25. The fraction of sp³-hybridized carbons (Fsp3) is 0.333. The van der Waals surface area contributed by atoms with E-state index < -0.39 is 0 Å². The molecule has 2 unspecified atom stereocenters. The predicted molar refractivity (Wildman–Crippen MR) is 90.8 cm³/mol. The average molecular weight is 327 g/mol. The van der Waals surface area contributed by atoms with E-state index >= 15 is 0 Å². The number of nitrogens with zero attached hydrogens (tertiary/aromatic N) is 1. The third kappa shape index (κ3) is 3.33. The first-order chi connectivity index (χ1) is 11.6. The first kappa shape index (κ1) is 16.3. The molecule has 1 aliphatic heterocycles. The predicted octanol–water partition coefficient (Wildman–Crippen LogP) is 2.34. The lowest BCUT2D eigenvalue weighted by Crippen LogP contribution is -2.34. The van der Waals surface area contributed by atoms with Gasteiger partial charge in [-0.2, -0.15) is 0 Å². The SMILES string of the molecule is CC1CC(CN)CN1C(=O)c1cccc(NC(=O)c2ccco2)c1. The third-order valence-electron chi connectivity index (χ3n) is 4.37. The maximum Gasteiger partial charge on any atom is 0.291 e. The van der Waals surface area contributed by atoms with E-state index in [2.05, 4.69) is 5.32 Å². The number of furan rings is 1. The number of rotatable bonds is 4. The van der Waals surface area contributed by atoms with Crippen LogP contribution in [0, 0.1) is 5.92 Å². The molecule has 2 aromatic rings. The monoisotopic (exact) mass is 327 g/mol. The molecular weight excluding hydrogens is 306 g/mol. The van der Waals surface area contributed by atoms with E-state index in [9.17, 15) is 9.59 Å². The van der Waals surface area contributed by atoms with Crippen molar-refractivity contribution in [2.75, 3.05) is 18.4 Å². The summed E-state index contributed by atoms with van der Waals surface area (Å²) in [5, 5.41) is 2.74. The first-order valence-corrected chi connectivity index (χ1v) is 8.04. The highest BCUT2D eigenvalue weighted by molar-refractivity contribution is 6.03. The van der Waals surface area contributed by atoms with Crippen LogP contribution in [0.1, 0.15) is 34.3 Å². The number of likely N-dealkylation sites (tertiary alicyclic amines) is 1. The summed E-state index contributed by atoms with van der Waals surface area (Å²) in [6.07, 6.45) is 2.37. The Morgan fingerprint density at radius 1 is 1.33 bits per heavy atom. The molecule has 1 aromatic heterocycles. The molecule has 0 radical (unpaired) electrons. The van der Waals surface area contributed by atoms with Crippen LogP contribution in [0.4, 0.5) is 5.69 Å². The standard InChI is InChI=1S/C18H21N3O3/c1-12-8-13(10-19)11-21(12)18(23)14-4-2-5-15(9-14)20-17(22)16-6-3-7-24-16/h2-7,9,12-13H,8,10-11,19H2,1H3,(H,20,22). The lowest BCUT2D eigenvalue weighted by Gasteiger charge is -2.22. The van der Waals surface area contributed by atoms with Gasteiger partial charge in [0.2, 0.25) is 0 Å². The second-order valence-corrected chi connectivity index (χ2v) is 6.16. The van der Waals surface area contributed by atoms with Crippen LogP contribution < -0.4 is 11.1 Å². The Kier molecular flexibility index (Phi) is 4.66. The van der Waals surface area contributed by atoms with E-state index in [0.717, 1.165) is 6.42 Å². The van der Waals surface area contributed by atoms with Gasteiger partial charge in [0, 0.05) is 23.8 Å². The Morgan fingerprint density at radius 3 is 2.83 bits per heavy atom. The normalized spacial score (nSPS) is 20.2. The Bertz CT molecular complexity index is 727. The minimum Gasteiger partial charge on any atom is -0.459 e. The molecule has 1 saturated heterocycles. The van der Waals surface area contributed by atoms with Gasteiger partial charge in [-0.05, 0) is 56.1 Å².